The summed E-state index contributed by atoms with van der Waals surface area (Å²) in [7, 11) is 1.61. The zero-order valence-corrected chi connectivity index (χ0v) is 17.6. The molecule has 0 saturated carbocycles. The molecule has 1 fully saturated rings. The van der Waals surface area contributed by atoms with Gasteiger partial charge in [-0.3, -0.25) is 9.69 Å². The summed E-state index contributed by atoms with van der Waals surface area (Å²) in [5, 5.41) is -0.151. The maximum Gasteiger partial charge on any atom is 0.237 e. The number of amides is 1. The van der Waals surface area contributed by atoms with Gasteiger partial charge >= 0.3 is 0 Å². The molecule has 0 N–H and O–H groups in total. The summed E-state index contributed by atoms with van der Waals surface area (Å²) in [4.78, 5) is 16.8. The van der Waals surface area contributed by atoms with Gasteiger partial charge in [0.25, 0.3) is 0 Å². The summed E-state index contributed by atoms with van der Waals surface area (Å²) < 4.78 is 45.2. The molecule has 0 spiro atoms. The number of methoxy groups -OCH3 is 1. The van der Waals surface area contributed by atoms with Crippen molar-refractivity contribution in [3.63, 3.8) is 0 Å². The predicted molar refractivity (Wildman–Crippen MR) is 111 cm³/mol. The number of benzene rings is 2. The van der Waals surface area contributed by atoms with Gasteiger partial charge in [-0.05, 0) is 41.8 Å². The van der Waals surface area contributed by atoms with Crippen LogP contribution in [0.2, 0.25) is 0 Å². The molecule has 1 unspecified atom stereocenters. The molecule has 0 radical (unpaired) electrons. The van der Waals surface area contributed by atoms with Crippen molar-refractivity contribution in [3.8, 4) is 0 Å². The van der Waals surface area contributed by atoms with Crippen LogP contribution in [0.15, 0.2) is 42.5 Å². The van der Waals surface area contributed by atoms with Gasteiger partial charge in [0.05, 0.1) is 6.54 Å². The third kappa shape index (κ3) is 6.00. The summed E-state index contributed by atoms with van der Waals surface area (Å²) in [6.45, 7) is 2.22. The zero-order valence-electron chi connectivity index (χ0n) is 16.8. The Labute approximate surface area is 179 Å². The summed E-state index contributed by atoms with van der Waals surface area (Å²) in [5.41, 5.74) is 1.49. The van der Waals surface area contributed by atoms with Crippen LogP contribution in [-0.4, -0.2) is 54.8 Å². The number of halogens is 3. The first-order chi connectivity index (χ1) is 14.5. The summed E-state index contributed by atoms with van der Waals surface area (Å²) in [5.74, 6) is -1.34. The Balaban J connectivity index is 1.69. The number of ether oxygens (including phenoxy) is 1. The van der Waals surface area contributed by atoms with E-state index in [0.29, 0.717) is 38.2 Å². The molecule has 0 aliphatic carbocycles. The topological polar surface area (TPSA) is 32.8 Å². The van der Waals surface area contributed by atoms with E-state index in [1.807, 2.05) is 4.90 Å². The van der Waals surface area contributed by atoms with Crippen LogP contribution >= 0.6 is 11.8 Å². The minimum absolute atomic E-state index is 0.0469. The first kappa shape index (κ1) is 22.7. The lowest BCUT2D eigenvalue weighted by molar-refractivity contribution is -0.132. The molecule has 1 heterocycles. The number of thioether (sulfide) groups is 1. The van der Waals surface area contributed by atoms with Gasteiger partial charge < -0.3 is 9.64 Å². The van der Waals surface area contributed by atoms with Gasteiger partial charge in [0.2, 0.25) is 5.91 Å². The van der Waals surface area contributed by atoms with E-state index in [0.717, 1.165) is 23.4 Å². The van der Waals surface area contributed by atoms with Gasteiger partial charge in [-0.15, -0.1) is 11.8 Å². The van der Waals surface area contributed by atoms with E-state index >= 15 is 0 Å². The monoisotopic (exact) mass is 438 g/mol. The SMILES string of the molecule is COCCCN(CC(=O)N1CCSC1c1ccc(F)cc1)Cc1ccc(F)c(F)c1. The highest BCUT2D eigenvalue weighted by molar-refractivity contribution is 7.99. The van der Waals surface area contributed by atoms with Crippen LogP contribution in [0, 0.1) is 17.5 Å². The molecule has 1 atom stereocenters. The van der Waals surface area contributed by atoms with Crippen molar-refractivity contribution in [2.45, 2.75) is 18.3 Å². The molecule has 162 valence electrons. The van der Waals surface area contributed by atoms with Gasteiger partial charge in [-0.1, -0.05) is 18.2 Å². The molecule has 0 bridgehead atoms. The molecule has 1 aliphatic rings. The molecular weight excluding hydrogens is 413 g/mol. The van der Waals surface area contributed by atoms with Gasteiger partial charge in [0.1, 0.15) is 11.2 Å². The second-order valence-corrected chi connectivity index (χ2v) is 8.36. The molecule has 2 aromatic carbocycles. The molecular formula is C22H25F3N2O2S. The Bertz CT molecular complexity index is 851. The van der Waals surface area contributed by atoms with Crippen molar-refractivity contribution < 1.29 is 22.7 Å². The first-order valence-electron chi connectivity index (χ1n) is 9.79. The third-order valence-corrected chi connectivity index (χ3v) is 6.20. The predicted octanol–water partition coefficient (Wildman–Crippen LogP) is 4.22. The van der Waals surface area contributed by atoms with Crippen LogP contribution in [0.5, 0.6) is 0 Å². The van der Waals surface area contributed by atoms with E-state index in [9.17, 15) is 18.0 Å². The second kappa shape index (κ2) is 10.8. The van der Waals surface area contributed by atoms with E-state index in [2.05, 4.69) is 0 Å². The van der Waals surface area contributed by atoms with Crippen molar-refractivity contribution in [3.05, 3.63) is 71.0 Å². The molecule has 1 saturated heterocycles. The highest BCUT2D eigenvalue weighted by atomic mass is 32.2. The highest BCUT2D eigenvalue weighted by Gasteiger charge is 2.31. The maximum atomic E-state index is 13.6. The second-order valence-electron chi connectivity index (χ2n) is 7.17. The standard InChI is InChI=1S/C22H25F3N2O2S/c1-29-11-2-9-26(14-16-3-8-19(24)20(25)13-16)15-21(28)27-10-12-30-22(27)17-4-6-18(23)7-5-17/h3-8,13,22H,2,9-12,14-15H2,1H3. The van der Waals surface area contributed by atoms with Crippen LogP contribution in [0.25, 0.3) is 0 Å². The zero-order chi connectivity index (χ0) is 21.5. The lowest BCUT2D eigenvalue weighted by Gasteiger charge is -2.28. The van der Waals surface area contributed by atoms with Gasteiger partial charge in [-0.25, -0.2) is 13.2 Å². The van der Waals surface area contributed by atoms with Gasteiger partial charge in [-0.2, -0.15) is 0 Å². The molecule has 0 aromatic heterocycles. The van der Waals surface area contributed by atoms with Crippen LogP contribution in [0.1, 0.15) is 22.9 Å². The third-order valence-electron chi connectivity index (χ3n) is 4.94. The smallest absolute Gasteiger partial charge is 0.237 e. The maximum absolute atomic E-state index is 13.6. The van der Waals surface area contributed by atoms with Crippen LogP contribution in [0.4, 0.5) is 13.2 Å². The molecule has 4 nitrogen and oxygen atoms in total. The molecule has 3 rings (SSSR count). The molecule has 30 heavy (non-hydrogen) atoms. The van der Waals surface area contributed by atoms with Crippen molar-refractivity contribution in [2.75, 3.05) is 39.1 Å². The van der Waals surface area contributed by atoms with Crippen molar-refractivity contribution in [2.24, 2.45) is 0 Å². The lowest BCUT2D eigenvalue weighted by atomic mass is 10.2. The highest BCUT2D eigenvalue weighted by Crippen LogP contribution is 2.38. The van der Waals surface area contributed by atoms with Crippen molar-refractivity contribution >= 4 is 17.7 Å². The van der Waals surface area contributed by atoms with E-state index in [1.54, 1.807) is 35.9 Å². The fraction of sp³-hybridized carbons (Fsp3) is 0.409. The molecule has 1 amide bonds. The number of rotatable bonds is 9. The minimum atomic E-state index is -0.900. The van der Waals surface area contributed by atoms with Crippen LogP contribution in [-0.2, 0) is 16.1 Å². The average Bonchev–Trinajstić information content (AvgIpc) is 3.21. The fourth-order valence-corrected chi connectivity index (χ4v) is 4.73. The Morgan fingerprint density at radius 3 is 2.63 bits per heavy atom. The number of carbonyl (C=O) groups is 1. The van der Waals surface area contributed by atoms with Gasteiger partial charge in [0.15, 0.2) is 11.6 Å². The van der Waals surface area contributed by atoms with Crippen molar-refractivity contribution in [1.82, 2.24) is 9.80 Å². The summed E-state index contributed by atoms with van der Waals surface area (Å²) >= 11 is 1.65. The average molecular weight is 439 g/mol. The summed E-state index contributed by atoms with van der Waals surface area (Å²) in [6, 6.07) is 10.00. The Hall–Kier alpha value is -2.03. The Kier molecular flexibility index (Phi) is 8.18. The number of nitrogens with zero attached hydrogens (tertiary/aromatic N) is 2. The Morgan fingerprint density at radius 2 is 1.93 bits per heavy atom. The number of carbonyl (C=O) groups excluding carboxylic acids is 1. The fourth-order valence-electron chi connectivity index (χ4n) is 3.45. The van der Waals surface area contributed by atoms with Crippen LogP contribution < -0.4 is 0 Å². The normalized spacial score (nSPS) is 16.4. The van der Waals surface area contributed by atoms with E-state index in [4.69, 9.17) is 4.74 Å². The van der Waals surface area contributed by atoms with Gasteiger partial charge in [0, 0.05) is 39.1 Å². The van der Waals surface area contributed by atoms with E-state index < -0.39 is 11.6 Å². The number of hydrogen-bond donors (Lipinski definition) is 0. The first-order valence-corrected chi connectivity index (χ1v) is 10.8. The lowest BCUT2D eigenvalue weighted by Crippen LogP contribution is -2.40. The summed E-state index contributed by atoms with van der Waals surface area (Å²) in [6.07, 6.45) is 0.712. The molecule has 1 aliphatic heterocycles. The number of hydrogen-bond acceptors (Lipinski definition) is 4. The largest absolute Gasteiger partial charge is 0.385 e. The Morgan fingerprint density at radius 1 is 1.17 bits per heavy atom. The van der Waals surface area contributed by atoms with Crippen LogP contribution in [0.3, 0.4) is 0 Å². The molecule has 8 heteroatoms. The van der Waals surface area contributed by atoms with E-state index in [-0.39, 0.29) is 23.6 Å². The molecule has 2 aromatic rings. The minimum Gasteiger partial charge on any atom is -0.385 e. The van der Waals surface area contributed by atoms with Crippen molar-refractivity contribution in [1.29, 1.82) is 0 Å². The quantitative estimate of drug-likeness (QED) is 0.549. The van der Waals surface area contributed by atoms with E-state index in [1.165, 1.54) is 18.2 Å².